The van der Waals surface area contributed by atoms with Crippen LogP contribution in [-0.2, 0) is 5.54 Å². The van der Waals surface area contributed by atoms with Crippen molar-refractivity contribution in [1.82, 2.24) is 19.4 Å². The van der Waals surface area contributed by atoms with E-state index in [0.29, 0.717) is 17.8 Å². The molecule has 9 heteroatoms. The Morgan fingerprint density at radius 2 is 1.96 bits per heavy atom. The van der Waals surface area contributed by atoms with Crippen LogP contribution < -0.4 is 16.6 Å². The lowest BCUT2D eigenvalue weighted by atomic mass is 9.85. The summed E-state index contributed by atoms with van der Waals surface area (Å²) in [6.45, 7) is 3.55. The third kappa shape index (κ3) is 2.80. The number of carbonyl (C=O) groups is 1. The van der Waals surface area contributed by atoms with E-state index in [9.17, 15) is 9.59 Å². The summed E-state index contributed by atoms with van der Waals surface area (Å²) in [6, 6.07) is 1.68. The Kier molecular flexibility index (Phi) is 4.20. The molecule has 0 radical (unpaired) electrons. The van der Waals surface area contributed by atoms with E-state index in [-0.39, 0.29) is 28.0 Å². The van der Waals surface area contributed by atoms with Gasteiger partial charge in [0.05, 0.1) is 11.2 Å². The minimum Gasteiger partial charge on any atom is -0.382 e. The molecular weight excluding hydrogens is 368 g/mol. The van der Waals surface area contributed by atoms with Crippen LogP contribution in [0.1, 0.15) is 35.3 Å². The van der Waals surface area contributed by atoms with Gasteiger partial charge in [0.15, 0.2) is 11.6 Å². The van der Waals surface area contributed by atoms with Gasteiger partial charge in [-0.3, -0.25) is 14.2 Å². The van der Waals surface area contributed by atoms with Crippen molar-refractivity contribution >= 4 is 34.7 Å². The molecule has 142 valence electrons. The molecule has 0 atom stereocenters. The van der Waals surface area contributed by atoms with Gasteiger partial charge in [-0.1, -0.05) is 11.6 Å². The maximum atomic E-state index is 13.3. The molecule has 1 fully saturated rings. The van der Waals surface area contributed by atoms with Crippen LogP contribution in [0.25, 0.3) is 0 Å². The Balaban J connectivity index is 1.83. The van der Waals surface area contributed by atoms with Gasteiger partial charge >= 0.3 is 0 Å². The van der Waals surface area contributed by atoms with Gasteiger partial charge < -0.3 is 16.0 Å². The van der Waals surface area contributed by atoms with Crippen molar-refractivity contribution in [3.63, 3.8) is 0 Å². The SMILES string of the molecule is Cc1cc(Nc2ncnc(N)c2Cl)c(=O)n2c1C(=O)CC21CCN(C)CC1. The first-order valence-corrected chi connectivity index (χ1v) is 9.22. The smallest absolute Gasteiger partial charge is 0.275 e. The van der Waals surface area contributed by atoms with Gasteiger partial charge in [-0.25, -0.2) is 9.97 Å². The third-order valence-corrected chi connectivity index (χ3v) is 5.98. The summed E-state index contributed by atoms with van der Waals surface area (Å²) in [5.41, 5.74) is 6.63. The maximum Gasteiger partial charge on any atom is 0.275 e. The quantitative estimate of drug-likeness (QED) is 0.809. The molecule has 1 spiro atoms. The molecule has 3 N–H and O–H groups in total. The van der Waals surface area contributed by atoms with Crippen LogP contribution in [0.5, 0.6) is 0 Å². The Bertz CT molecular complexity index is 994. The number of halogens is 1. The maximum absolute atomic E-state index is 13.3. The van der Waals surface area contributed by atoms with E-state index >= 15 is 0 Å². The molecular formula is C18H21ClN6O2. The number of ketones is 1. The molecule has 2 aromatic heterocycles. The predicted molar refractivity (Wildman–Crippen MR) is 104 cm³/mol. The van der Waals surface area contributed by atoms with Gasteiger partial charge in [0.1, 0.15) is 22.9 Å². The summed E-state index contributed by atoms with van der Waals surface area (Å²) in [5, 5.41) is 3.14. The second kappa shape index (κ2) is 6.31. The van der Waals surface area contributed by atoms with Crippen molar-refractivity contribution in [3.05, 3.63) is 39.0 Å². The number of nitrogens with two attached hydrogens (primary N) is 1. The number of aryl methyl sites for hydroxylation is 1. The van der Waals surface area contributed by atoms with Crippen LogP contribution in [0.15, 0.2) is 17.2 Å². The first-order valence-electron chi connectivity index (χ1n) is 8.84. The molecule has 0 aromatic carbocycles. The van der Waals surface area contributed by atoms with Crippen LogP contribution in [-0.4, -0.2) is 45.4 Å². The molecule has 8 nitrogen and oxygen atoms in total. The van der Waals surface area contributed by atoms with E-state index in [4.69, 9.17) is 17.3 Å². The molecule has 0 amide bonds. The fourth-order valence-corrected chi connectivity index (χ4v) is 4.27. The topological polar surface area (TPSA) is 106 Å². The van der Waals surface area contributed by atoms with E-state index in [2.05, 4.69) is 27.2 Å². The molecule has 27 heavy (non-hydrogen) atoms. The molecule has 2 aliphatic heterocycles. The molecule has 2 aromatic rings. The van der Waals surface area contributed by atoms with Gasteiger partial charge in [-0.05, 0) is 38.4 Å². The summed E-state index contributed by atoms with van der Waals surface area (Å²) in [7, 11) is 2.05. The molecule has 4 heterocycles. The molecule has 2 aliphatic rings. The number of nitrogens with one attached hydrogen (secondary N) is 1. The van der Waals surface area contributed by atoms with Gasteiger partial charge in [0.25, 0.3) is 5.56 Å². The number of pyridine rings is 1. The Morgan fingerprint density at radius 1 is 1.26 bits per heavy atom. The van der Waals surface area contributed by atoms with Gasteiger partial charge in [-0.2, -0.15) is 0 Å². The number of piperidine rings is 1. The van der Waals surface area contributed by atoms with Gasteiger partial charge in [0.2, 0.25) is 0 Å². The highest BCUT2D eigenvalue weighted by Crippen LogP contribution is 2.40. The standard InChI is InChI=1S/C18H21ClN6O2/c1-10-7-11(23-16-13(19)15(20)21-9-22-16)17(27)25-14(10)12(26)8-18(25)3-5-24(2)6-4-18/h7,9H,3-6,8H2,1-2H3,(H3,20,21,22,23). The number of nitrogens with zero attached hydrogens (tertiary/aromatic N) is 4. The van der Waals surface area contributed by atoms with Crippen molar-refractivity contribution in [1.29, 1.82) is 0 Å². The fraction of sp³-hybridized carbons (Fsp3) is 0.444. The second-order valence-corrected chi connectivity index (χ2v) is 7.78. The largest absolute Gasteiger partial charge is 0.382 e. The molecule has 0 unspecified atom stereocenters. The van der Waals surface area contributed by atoms with Gasteiger partial charge in [0, 0.05) is 19.5 Å². The Hall–Kier alpha value is -2.45. The Morgan fingerprint density at radius 3 is 2.67 bits per heavy atom. The lowest BCUT2D eigenvalue weighted by Crippen LogP contribution is -2.47. The number of Topliss-reactive ketones (excluding diaryl/α,β-unsaturated/α-hetero) is 1. The number of hydrogen-bond donors (Lipinski definition) is 2. The molecule has 0 aliphatic carbocycles. The number of aromatic nitrogens is 3. The van der Waals surface area contributed by atoms with E-state index in [1.165, 1.54) is 6.33 Å². The first-order chi connectivity index (χ1) is 12.8. The first kappa shape index (κ1) is 17.9. The summed E-state index contributed by atoms with van der Waals surface area (Å²) in [5.74, 6) is 0.433. The number of carbonyl (C=O) groups excluding carboxylic acids is 1. The summed E-state index contributed by atoms with van der Waals surface area (Å²) in [6.07, 6.45) is 3.20. The highest BCUT2D eigenvalue weighted by atomic mass is 35.5. The van der Waals surface area contributed by atoms with E-state index in [0.717, 1.165) is 31.5 Å². The summed E-state index contributed by atoms with van der Waals surface area (Å²) in [4.78, 5) is 36.2. The summed E-state index contributed by atoms with van der Waals surface area (Å²) < 4.78 is 1.71. The van der Waals surface area contributed by atoms with Crippen molar-refractivity contribution < 1.29 is 4.79 Å². The zero-order valence-electron chi connectivity index (χ0n) is 15.3. The zero-order chi connectivity index (χ0) is 19.3. The Labute approximate surface area is 161 Å². The van der Waals surface area contributed by atoms with Crippen LogP contribution in [0, 0.1) is 6.92 Å². The highest BCUT2D eigenvalue weighted by molar-refractivity contribution is 6.35. The molecule has 4 rings (SSSR count). The minimum absolute atomic E-state index is 0.0324. The number of rotatable bonds is 2. The number of fused-ring (bicyclic) bond motifs is 2. The molecule has 1 saturated heterocycles. The van der Waals surface area contributed by atoms with Crippen LogP contribution >= 0.6 is 11.6 Å². The number of anilines is 3. The van der Waals surface area contributed by atoms with Crippen molar-refractivity contribution in [2.24, 2.45) is 0 Å². The summed E-state index contributed by atoms with van der Waals surface area (Å²) >= 11 is 6.15. The van der Waals surface area contributed by atoms with Crippen molar-refractivity contribution in [2.75, 3.05) is 31.2 Å². The third-order valence-electron chi connectivity index (χ3n) is 5.61. The zero-order valence-corrected chi connectivity index (χ0v) is 16.0. The van der Waals surface area contributed by atoms with Crippen LogP contribution in [0.4, 0.5) is 17.3 Å². The van der Waals surface area contributed by atoms with Crippen molar-refractivity contribution in [2.45, 2.75) is 31.7 Å². The van der Waals surface area contributed by atoms with Crippen LogP contribution in [0.3, 0.4) is 0 Å². The van der Waals surface area contributed by atoms with E-state index in [1.54, 1.807) is 10.6 Å². The lowest BCUT2D eigenvalue weighted by Gasteiger charge is -2.39. The number of likely N-dealkylation sites (tertiary alicyclic amines) is 1. The van der Waals surface area contributed by atoms with Crippen molar-refractivity contribution in [3.8, 4) is 0 Å². The minimum atomic E-state index is -0.451. The van der Waals surface area contributed by atoms with E-state index in [1.807, 2.05) is 6.92 Å². The lowest BCUT2D eigenvalue weighted by molar-refractivity contribution is 0.0911. The number of nitrogen functional groups attached to an aromatic ring is 1. The monoisotopic (exact) mass is 388 g/mol. The van der Waals surface area contributed by atoms with Crippen LogP contribution in [0.2, 0.25) is 5.02 Å². The molecule has 0 bridgehead atoms. The second-order valence-electron chi connectivity index (χ2n) is 7.40. The predicted octanol–water partition coefficient (Wildman–Crippen LogP) is 1.93. The highest BCUT2D eigenvalue weighted by Gasteiger charge is 2.46. The number of hydrogen-bond acceptors (Lipinski definition) is 7. The van der Waals surface area contributed by atoms with Gasteiger partial charge in [-0.15, -0.1) is 0 Å². The van der Waals surface area contributed by atoms with E-state index < -0.39 is 5.54 Å². The normalized spacial score (nSPS) is 18.7. The fourth-order valence-electron chi connectivity index (χ4n) is 4.13. The molecule has 0 saturated carbocycles. The average molecular weight is 389 g/mol. The average Bonchev–Trinajstić information content (AvgIpc) is 2.92.